The van der Waals surface area contributed by atoms with Crippen LogP contribution in [0.4, 0.5) is 26.3 Å². The molecule has 0 saturated heterocycles. The predicted octanol–water partition coefficient (Wildman–Crippen LogP) is 4.23. The minimum Gasteiger partial charge on any atom is -0.497 e. The Hall–Kier alpha value is -2.72. The molecule has 0 spiro atoms. The smallest absolute Gasteiger partial charge is 0.469 e. The van der Waals surface area contributed by atoms with E-state index < -0.39 is 52.7 Å². The first kappa shape index (κ1) is 26.9. The highest BCUT2D eigenvalue weighted by atomic mass is 32.3. The maximum absolute atomic E-state index is 13.2. The lowest BCUT2D eigenvalue weighted by Crippen LogP contribution is -2.41. The van der Waals surface area contributed by atoms with Crippen LogP contribution in [-0.4, -0.2) is 39.9 Å². The van der Waals surface area contributed by atoms with Crippen molar-refractivity contribution in [1.29, 1.82) is 0 Å². The summed E-state index contributed by atoms with van der Waals surface area (Å²) in [6, 6.07) is 7.76. The Morgan fingerprint density at radius 3 is 1.97 bits per heavy atom. The Labute approximate surface area is 197 Å². The number of alkyl halides is 6. The van der Waals surface area contributed by atoms with Crippen molar-refractivity contribution in [3.63, 3.8) is 0 Å². The van der Waals surface area contributed by atoms with Crippen LogP contribution in [0.25, 0.3) is 20.7 Å². The molecule has 0 atom stereocenters. The Balaban J connectivity index is 2.38. The number of fused-ring (bicyclic) bond motifs is 1. The molecule has 16 heteroatoms. The van der Waals surface area contributed by atoms with E-state index in [1.165, 1.54) is 49.7 Å². The predicted molar refractivity (Wildman–Crippen MR) is 115 cm³/mol. The second-order valence-electron chi connectivity index (χ2n) is 6.77. The minimum absolute atomic E-state index is 0.0333. The number of pyridine rings is 1. The summed E-state index contributed by atoms with van der Waals surface area (Å²) in [7, 11) is -12.7. The molecule has 2 heterocycles. The van der Waals surface area contributed by atoms with E-state index >= 15 is 0 Å². The van der Waals surface area contributed by atoms with Crippen molar-refractivity contribution in [3.8, 4) is 16.2 Å². The van der Waals surface area contributed by atoms with E-state index in [4.69, 9.17) is 4.74 Å². The van der Waals surface area contributed by atoms with Gasteiger partial charge < -0.3 is 4.74 Å². The Bertz CT molecular complexity index is 1480. The summed E-state index contributed by atoms with van der Waals surface area (Å²) >= 11 is 0.655. The monoisotopic (exact) mass is 560 g/mol. The highest BCUT2D eigenvalue weighted by molar-refractivity contribution is 8.13. The van der Waals surface area contributed by atoms with Gasteiger partial charge in [0.2, 0.25) is 0 Å². The van der Waals surface area contributed by atoms with Gasteiger partial charge in [-0.25, -0.2) is 4.98 Å². The third-order valence-electron chi connectivity index (χ3n) is 4.64. The highest BCUT2D eigenvalue weighted by Gasteiger charge is 2.53. The van der Waals surface area contributed by atoms with Gasteiger partial charge in [0.25, 0.3) is 0 Å². The largest absolute Gasteiger partial charge is 0.497 e. The molecule has 0 fully saturated rings. The van der Waals surface area contributed by atoms with Crippen molar-refractivity contribution >= 4 is 41.2 Å². The first-order valence-electron chi connectivity index (χ1n) is 9.06. The fraction of sp³-hybridized carbons (Fsp3) is 0.211. The quantitative estimate of drug-likeness (QED) is 0.328. The van der Waals surface area contributed by atoms with E-state index in [0.29, 0.717) is 17.1 Å². The fourth-order valence-electron chi connectivity index (χ4n) is 2.94. The number of halogens is 6. The van der Waals surface area contributed by atoms with Crippen LogP contribution in [0.15, 0.2) is 47.4 Å². The van der Waals surface area contributed by atoms with Crippen LogP contribution < -0.4 is 10.2 Å². The molecule has 0 unspecified atom stereocenters. The molecule has 190 valence electrons. The lowest BCUT2D eigenvalue weighted by molar-refractivity contribution is -0.0455. The zero-order valence-electron chi connectivity index (χ0n) is 17.1. The van der Waals surface area contributed by atoms with Gasteiger partial charge in [0.15, 0.2) is 5.43 Å². The number of hydrogen-bond acceptors (Lipinski definition) is 8. The van der Waals surface area contributed by atoms with Crippen molar-refractivity contribution in [2.45, 2.75) is 17.4 Å². The molecule has 0 bridgehead atoms. The van der Waals surface area contributed by atoms with Crippen molar-refractivity contribution in [1.82, 2.24) is 4.98 Å². The van der Waals surface area contributed by atoms with Gasteiger partial charge in [-0.3, -0.25) is 21.6 Å². The molecule has 0 aliphatic rings. The summed E-state index contributed by atoms with van der Waals surface area (Å²) < 4.78 is 129. The van der Waals surface area contributed by atoms with E-state index in [9.17, 15) is 48.0 Å². The third-order valence-corrected chi connectivity index (χ3v) is 9.87. The molecule has 7 nitrogen and oxygen atoms in total. The van der Waals surface area contributed by atoms with Crippen LogP contribution in [0.3, 0.4) is 0 Å². The summed E-state index contributed by atoms with van der Waals surface area (Å²) in [5.74, 6) is 0.313. The normalized spacial score (nSPS) is 13.4. The lowest BCUT2D eigenvalue weighted by Gasteiger charge is -2.32. The molecule has 35 heavy (non-hydrogen) atoms. The summed E-state index contributed by atoms with van der Waals surface area (Å²) in [6.45, 7) is 0. The first-order chi connectivity index (χ1) is 16.0. The van der Waals surface area contributed by atoms with Crippen LogP contribution in [-0.2, 0) is 26.1 Å². The zero-order chi connectivity index (χ0) is 26.4. The Kier molecular flexibility index (Phi) is 6.95. The number of methoxy groups -OCH3 is 1. The summed E-state index contributed by atoms with van der Waals surface area (Å²) in [5.41, 5.74) is -14.8. The fourth-order valence-corrected chi connectivity index (χ4v) is 6.97. The third kappa shape index (κ3) is 4.86. The van der Waals surface area contributed by atoms with Crippen molar-refractivity contribution in [2.75, 3.05) is 7.11 Å². The Morgan fingerprint density at radius 2 is 1.49 bits per heavy atom. The van der Waals surface area contributed by atoms with Crippen LogP contribution >= 0.6 is 11.3 Å². The van der Waals surface area contributed by atoms with Gasteiger partial charge in [-0.15, -0.1) is 17.8 Å². The first-order valence-corrected chi connectivity index (χ1v) is 12.8. The van der Waals surface area contributed by atoms with Crippen LogP contribution in [0.5, 0.6) is 5.75 Å². The number of ether oxygens (including phenoxy) is 1. The number of aromatic nitrogens is 1. The standard InChI is InChI=1S/C19H12F6NO6S3/c1-32-11-6-4-10(5-7-11)16-13(15(27)12-3-2-8-26-17(12)33-16)9-14(34(28,29)18(20,21)22)35(30,31)19(23,24)25/h2-8H,9H2,1H3/q-1. The number of benzene rings is 1. The molecule has 3 rings (SSSR count). The van der Waals surface area contributed by atoms with Crippen LogP contribution in [0, 0.1) is 4.58 Å². The number of nitrogens with zero attached hydrogens (tertiary/aromatic N) is 1. The van der Waals surface area contributed by atoms with Crippen molar-refractivity contribution in [3.05, 3.63) is 63.0 Å². The molecule has 0 N–H and O–H groups in total. The van der Waals surface area contributed by atoms with Gasteiger partial charge in [-0.05, 0) is 47.5 Å². The molecule has 2 aromatic heterocycles. The molecule has 0 aliphatic carbocycles. The van der Waals surface area contributed by atoms with E-state index in [1.54, 1.807) is 0 Å². The molecule has 1 aromatic carbocycles. The number of rotatable bonds is 6. The van der Waals surface area contributed by atoms with Crippen molar-refractivity contribution < 1.29 is 47.9 Å². The minimum atomic E-state index is -7.02. The van der Waals surface area contributed by atoms with Gasteiger partial charge in [-0.2, -0.15) is 26.3 Å². The molecule has 0 amide bonds. The molecule has 3 aromatic rings. The van der Waals surface area contributed by atoms with Crippen LogP contribution in [0.2, 0.25) is 0 Å². The summed E-state index contributed by atoms with van der Waals surface area (Å²) in [4.78, 5) is 16.8. The van der Waals surface area contributed by atoms with Gasteiger partial charge in [0.1, 0.15) is 30.3 Å². The molecule has 0 aliphatic heterocycles. The van der Waals surface area contributed by atoms with E-state index in [0.717, 1.165) is 0 Å². The number of hydrogen-bond donors (Lipinski definition) is 0. The SMILES string of the molecule is COc1ccc(-c2sc3ncccc3c(=O)c2C[C-](S(=O)(=O)C(F)(F)F)S(=O)(=O)C(F)(F)F)cc1. The van der Waals surface area contributed by atoms with Gasteiger partial charge in [-0.1, -0.05) is 4.58 Å². The summed E-state index contributed by atoms with van der Waals surface area (Å²) in [6.07, 6.45) is -0.708. The van der Waals surface area contributed by atoms with Gasteiger partial charge >= 0.3 is 11.0 Å². The summed E-state index contributed by atoms with van der Waals surface area (Å²) in [5, 5.41) is -0.252. The molecular formula is C19H12F6NO6S3-. The Morgan fingerprint density at radius 1 is 0.943 bits per heavy atom. The maximum Gasteiger partial charge on any atom is 0.469 e. The molecule has 0 saturated carbocycles. The van der Waals surface area contributed by atoms with Crippen molar-refractivity contribution in [2.24, 2.45) is 0 Å². The van der Waals surface area contributed by atoms with Gasteiger partial charge in [0.05, 0.1) is 12.5 Å². The second kappa shape index (κ2) is 9.05. The van der Waals surface area contributed by atoms with E-state index in [-0.39, 0.29) is 20.7 Å². The lowest BCUT2D eigenvalue weighted by atomic mass is 10.1. The average Bonchev–Trinajstić information content (AvgIpc) is 2.76. The second-order valence-corrected chi connectivity index (χ2v) is 12.0. The molecular weight excluding hydrogens is 548 g/mol. The topological polar surface area (TPSA) is 107 Å². The highest BCUT2D eigenvalue weighted by Crippen LogP contribution is 2.43. The van der Waals surface area contributed by atoms with Gasteiger partial charge in [0, 0.05) is 11.1 Å². The van der Waals surface area contributed by atoms with E-state index in [2.05, 4.69) is 4.98 Å². The maximum atomic E-state index is 13.2. The molecule has 0 radical (unpaired) electrons. The number of sulfone groups is 2. The zero-order valence-corrected chi connectivity index (χ0v) is 19.6. The average molecular weight is 560 g/mol. The van der Waals surface area contributed by atoms with E-state index in [1.807, 2.05) is 0 Å². The van der Waals surface area contributed by atoms with Crippen LogP contribution in [0.1, 0.15) is 5.56 Å².